The van der Waals surface area contributed by atoms with Crippen LogP contribution in [0.3, 0.4) is 0 Å². The summed E-state index contributed by atoms with van der Waals surface area (Å²) in [5.41, 5.74) is 2.99. The molecule has 0 spiro atoms. The molecule has 0 amide bonds. The zero-order valence-corrected chi connectivity index (χ0v) is 12.0. The van der Waals surface area contributed by atoms with Crippen LogP contribution in [-0.4, -0.2) is 11.8 Å². The highest BCUT2D eigenvalue weighted by molar-refractivity contribution is 7.99. The Morgan fingerprint density at radius 2 is 1.81 bits per heavy atom. The highest BCUT2D eigenvalue weighted by Crippen LogP contribution is 2.21. The molecule has 6 heteroatoms. The zero-order chi connectivity index (χ0) is 15.2. The summed E-state index contributed by atoms with van der Waals surface area (Å²) < 4.78 is 39.5. The van der Waals surface area contributed by atoms with Gasteiger partial charge in [0.25, 0.3) is 0 Å². The molecule has 0 aliphatic heterocycles. The fourth-order valence-corrected chi connectivity index (χ4v) is 2.85. The molecule has 0 radical (unpaired) electrons. The summed E-state index contributed by atoms with van der Waals surface area (Å²) >= 11 is 1.42. The van der Waals surface area contributed by atoms with Gasteiger partial charge in [0.1, 0.15) is 17.5 Å². The minimum Gasteiger partial charge on any atom is -0.271 e. The predicted molar refractivity (Wildman–Crippen MR) is 78.3 cm³/mol. The number of benzene rings is 2. The van der Waals surface area contributed by atoms with Crippen molar-refractivity contribution < 1.29 is 13.2 Å². The van der Waals surface area contributed by atoms with Gasteiger partial charge in [0.05, 0.1) is 0 Å². The topological polar surface area (TPSA) is 38.0 Å². The third-order valence-electron chi connectivity index (χ3n) is 2.96. The number of rotatable bonds is 6. The number of hydrogen-bond acceptors (Lipinski definition) is 3. The normalized spacial score (nSPS) is 12.4. The largest absolute Gasteiger partial charge is 0.271 e. The van der Waals surface area contributed by atoms with E-state index in [-0.39, 0.29) is 11.9 Å². The number of thioether (sulfide) groups is 1. The van der Waals surface area contributed by atoms with Crippen LogP contribution in [0.25, 0.3) is 0 Å². The van der Waals surface area contributed by atoms with Gasteiger partial charge in [-0.1, -0.05) is 12.1 Å². The molecule has 2 aromatic carbocycles. The molecule has 0 saturated heterocycles. The third kappa shape index (κ3) is 4.77. The SMILES string of the molecule is NNC(CSc1cccc(F)c1)Cc1ccc(F)cc1F. The maximum Gasteiger partial charge on any atom is 0.129 e. The second-order valence-electron chi connectivity index (χ2n) is 4.57. The number of halogens is 3. The monoisotopic (exact) mass is 312 g/mol. The van der Waals surface area contributed by atoms with Crippen LogP contribution in [0.4, 0.5) is 13.2 Å². The van der Waals surface area contributed by atoms with E-state index < -0.39 is 11.6 Å². The zero-order valence-electron chi connectivity index (χ0n) is 11.2. The summed E-state index contributed by atoms with van der Waals surface area (Å²) in [6.45, 7) is 0. The van der Waals surface area contributed by atoms with E-state index >= 15 is 0 Å². The molecule has 0 heterocycles. The van der Waals surface area contributed by atoms with Crippen LogP contribution >= 0.6 is 11.8 Å². The summed E-state index contributed by atoms with van der Waals surface area (Å²) in [6, 6.07) is 9.48. The summed E-state index contributed by atoms with van der Waals surface area (Å²) in [7, 11) is 0. The molecule has 2 aromatic rings. The molecular formula is C15H15F3N2S. The fourth-order valence-electron chi connectivity index (χ4n) is 1.87. The van der Waals surface area contributed by atoms with Crippen LogP contribution in [0.5, 0.6) is 0 Å². The summed E-state index contributed by atoms with van der Waals surface area (Å²) in [5.74, 6) is 4.49. The highest BCUT2D eigenvalue weighted by atomic mass is 32.2. The molecule has 0 fully saturated rings. The van der Waals surface area contributed by atoms with E-state index in [1.807, 2.05) is 0 Å². The molecule has 3 N–H and O–H groups in total. The Balaban J connectivity index is 1.97. The standard InChI is InChI=1S/C15H15F3N2S/c16-11-2-1-3-14(7-11)21-9-13(20-19)6-10-4-5-12(17)8-15(10)18/h1-5,7-8,13,20H,6,9,19H2. The Kier molecular flexibility index (Phi) is 5.67. The first-order chi connectivity index (χ1) is 10.1. The Labute approximate surface area is 125 Å². The van der Waals surface area contributed by atoms with Crippen molar-refractivity contribution in [2.75, 3.05) is 5.75 Å². The van der Waals surface area contributed by atoms with Crippen LogP contribution in [0.2, 0.25) is 0 Å². The van der Waals surface area contributed by atoms with Crippen LogP contribution in [-0.2, 0) is 6.42 Å². The maximum absolute atomic E-state index is 13.6. The lowest BCUT2D eigenvalue weighted by Crippen LogP contribution is -2.38. The Bertz CT molecular complexity index is 607. The minimum absolute atomic E-state index is 0.210. The van der Waals surface area contributed by atoms with E-state index in [9.17, 15) is 13.2 Å². The van der Waals surface area contributed by atoms with Gasteiger partial charge in [0, 0.05) is 22.8 Å². The Hall–Kier alpha value is -1.50. The molecule has 0 aliphatic rings. The van der Waals surface area contributed by atoms with Crippen LogP contribution in [0.15, 0.2) is 47.4 Å². The predicted octanol–water partition coefficient (Wildman–Crippen LogP) is 3.27. The highest BCUT2D eigenvalue weighted by Gasteiger charge is 2.12. The number of nitrogens with two attached hydrogens (primary N) is 1. The van der Waals surface area contributed by atoms with Crippen LogP contribution in [0.1, 0.15) is 5.56 Å². The van der Waals surface area contributed by atoms with Crippen molar-refractivity contribution in [2.24, 2.45) is 5.84 Å². The minimum atomic E-state index is -0.609. The van der Waals surface area contributed by atoms with E-state index in [2.05, 4.69) is 5.43 Å². The van der Waals surface area contributed by atoms with Gasteiger partial charge < -0.3 is 0 Å². The molecule has 1 atom stereocenters. The molecule has 0 saturated carbocycles. The molecule has 112 valence electrons. The van der Waals surface area contributed by atoms with E-state index in [0.717, 1.165) is 11.0 Å². The van der Waals surface area contributed by atoms with Gasteiger partial charge in [0.2, 0.25) is 0 Å². The molecule has 1 unspecified atom stereocenters. The van der Waals surface area contributed by atoms with Crippen molar-refractivity contribution in [1.29, 1.82) is 0 Å². The first-order valence-electron chi connectivity index (χ1n) is 6.37. The van der Waals surface area contributed by atoms with Crippen molar-refractivity contribution in [3.63, 3.8) is 0 Å². The second kappa shape index (κ2) is 7.49. The van der Waals surface area contributed by atoms with Crippen molar-refractivity contribution in [2.45, 2.75) is 17.4 Å². The molecule has 0 bridgehead atoms. The Morgan fingerprint density at radius 3 is 2.48 bits per heavy atom. The average molecular weight is 312 g/mol. The number of hydrogen-bond donors (Lipinski definition) is 2. The maximum atomic E-state index is 13.6. The van der Waals surface area contributed by atoms with Crippen molar-refractivity contribution in [1.82, 2.24) is 5.43 Å². The number of hydrazine groups is 1. The summed E-state index contributed by atoms with van der Waals surface area (Å²) in [6.07, 6.45) is 0.324. The second-order valence-corrected chi connectivity index (χ2v) is 5.67. The smallest absolute Gasteiger partial charge is 0.129 e. The first-order valence-corrected chi connectivity index (χ1v) is 7.35. The molecule has 2 rings (SSSR count). The van der Waals surface area contributed by atoms with E-state index in [0.29, 0.717) is 17.7 Å². The average Bonchev–Trinajstić information content (AvgIpc) is 2.45. The van der Waals surface area contributed by atoms with E-state index in [1.165, 1.54) is 36.0 Å². The van der Waals surface area contributed by atoms with Gasteiger partial charge in [-0.05, 0) is 36.2 Å². The van der Waals surface area contributed by atoms with E-state index in [1.54, 1.807) is 12.1 Å². The van der Waals surface area contributed by atoms with Crippen molar-refractivity contribution in [3.05, 3.63) is 65.5 Å². The van der Waals surface area contributed by atoms with Gasteiger partial charge in [-0.25, -0.2) is 13.2 Å². The lowest BCUT2D eigenvalue weighted by Gasteiger charge is -2.16. The van der Waals surface area contributed by atoms with Gasteiger partial charge in [0.15, 0.2) is 0 Å². The van der Waals surface area contributed by atoms with Gasteiger partial charge in [-0.3, -0.25) is 11.3 Å². The quantitative estimate of drug-likeness (QED) is 0.488. The molecule has 0 aromatic heterocycles. The van der Waals surface area contributed by atoms with Crippen LogP contribution < -0.4 is 11.3 Å². The van der Waals surface area contributed by atoms with Gasteiger partial charge in [-0.15, -0.1) is 11.8 Å². The molecule has 21 heavy (non-hydrogen) atoms. The number of nitrogens with one attached hydrogen (secondary N) is 1. The summed E-state index contributed by atoms with van der Waals surface area (Å²) in [4.78, 5) is 0.773. The van der Waals surface area contributed by atoms with Crippen LogP contribution in [0, 0.1) is 17.5 Å². The fraction of sp³-hybridized carbons (Fsp3) is 0.200. The van der Waals surface area contributed by atoms with Crippen molar-refractivity contribution >= 4 is 11.8 Å². The van der Waals surface area contributed by atoms with E-state index in [4.69, 9.17) is 5.84 Å². The summed E-state index contributed by atoms with van der Waals surface area (Å²) in [5, 5.41) is 0. The van der Waals surface area contributed by atoms with Crippen molar-refractivity contribution in [3.8, 4) is 0 Å². The molecule has 0 aliphatic carbocycles. The molecular weight excluding hydrogens is 297 g/mol. The van der Waals surface area contributed by atoms with Gasteiger partial charge in [-0.2, -0.15) is 0 Å². The Morgan fingerprint density at radius 1 is 1.05 bits per heavy atom. The first kappa shape index (κ1) is 15.9. The lowest BCUT2D eigenvalue weighted by atomic mass is 10.1. The lowest BCUT2D eigenvalue weighted by molar-refractivity contribution is 0.536. The third-order valence-corrected chi connectivity index (χ3v) is 4.12. The molecule has 2 nitrogen and oxygen atoms in total. The van der Waals surface area contributed by atoms with Gasteiger partial charge >= 0.3 is 0 Å².